The molecule has 0 spiro atoms. The maximum atomic E-state index is 11.7. The number of rotatable bonds is 4. The zero-order valence-corrected chi connectivity index (χ0v) is 10.4. The van der Waals surface area contributed by atoms with Crippen LogP contribution in [0.5, 0.6) is 0 Å². The first-order valence-corrected chi connectivity index (χ1v) is 6.55. The molecule has 2 rings (SSSR count). The van der Waals surface area contributed by atoms with Gasteiger partial charge in [-0.2, -0.15) is 0 Å². The van der Waals surface area contributed by atoms with Crippen molar-refractivity contribution in [2.24, 2.45) is 5.73 Å². The number of nitrogens with two attached hydrogens (primary N) is 1. The normalized spacial score (nSPS) is 33.2. The van der Waals surface area contributed by atoms with Gasteiger partial charge in [0.25, 0.3) is 0 Å². The fourth-order valence-electron chi connectivity index (χ4n) is 2.55. The minimum Gasteiger partial charge on any atom is -0.446 e. The van der Waals surface area contributed by atoms with Crippen LogP contribution in [0.4, 0.5) is 4.79 Å². The molecule has 2 saturated carbocycles. The van der Waals surface area contributed by atoms with E-state index in [1.807, 2.05) is 6.92 Å². The Bertz CT molecular complexity index is 264. The molecule has 3 N–H and O–H groups in total. The van der Waals surface area contributed by atoms with Gasteiger partial charge >= 0.3 is 6.09 Å². The predicted molar refractivity (Wildman–Crippen MR) is 63.7 cm³/mol. The molecular formula is C12H22N2O3. The lowest BCUT2D eigenvalue weighted by atomic mass is 9.83. The fraction of sp³-hybridized carbons (Fsp3) is 0.917. The van der Waals surface area contributed by atoms with Crippen molar-refractivity contribution >= 4 is 6.09 Å². The Morgan fingerprint density at radius 2 is 2.12 bits per heavy atom. The van der Waals surface area contributed by atoms with Crippen LogP contribution in [0.25, 0.3) is 0 Å². The summed E-state index contributed by atoms with van der Waals surface area (Å²) in [7, 11) is 0. The molecule has 0 aromatic heterocycles. The molecule has 0 aromatic carbocycles. The Hall–Kier alpha value is -0.810. The molecule has 0 radical (unpaired) electrons. The second-order valence-electron chi connectivity index (χ2n) is 4.88. The molecule has 0 saturated heterocycles. The number of carbonyl (C=O) groups excluding carboxylic acids is 1. The van der Waals surface area contributed by atoms with Crippen molar-refractivity contribution in [3.63, 3.8) is 0 Å². The van der Waals surface area contributed by atoms with Gasteiger partial charge in [0.05, 0.1) is 12.1 Å². The SMILES string of the molecule is CCOC1CC(N)C1NC(=O)OC1CCCC1. The van der Waals surface area contributed by atoms with Crippen molar-refractivity contribution in [1.29, 1.82) is 0 Å². The lowest BCUT2D eigenvalue weighted by Crippen LogP contribution is -2.65. The van der Waals surface area contributed by atoms with Crippen LogP contribution in [0.15, 0.2) is 0 Å². The first kappa shape index (κ1) is 12.6. The summed E-state index contributed by atoms with van der Waals surface area (Å²) in [4.78, 5) is 11.7. The Kier molecular flexibility index (Phi) is 4.23. The highest BCUT2D eigenvalue weighted by Gasteiger charge is 2.41. The van der Waals surface area contributed by atoms with Crippen LogP contribution in [-0.2, 0) is 9.47 Å². The second kappa shape index (κ2) is 5.69. The van der Waals surface area contributed by atoms with Gasteiger partial charge in [-0.15, -0.1) is 0 Å². The van der Waals surface area contributed by atoms with Crippen molar-refractivity contribution in [3.05, 3.63) is 0 Å². The smallest absolute Gasteiger partial charge is 0.407 e. The Balaban J connectivity index is 1.73. The monoisotopic (exact) mass is 242 g/mol. The van der Waals surface area contributed by atoms with E-state index >= 15 is 0 Å². The third-order valence-corrected chi connectivity index (χ3v) is 3.61. The van der Waals surface area contributed by atoms with Crippen LogP contribution in [0.2, 0.25) is 0 Å². The number of hydrogen-bond acceptors (Lipinski definition) is 4. The van der Waals surface area contributed by atoms with Crippen molar-refractivity contribution in [1.82, 2.24) is 5.32 Å². The van der Waals surface area contributed by atoms with Gasteiger partial charge in [0, 0.05) is 12.6 Å². The fourth-order valence-corrected chi connectivity index (χ4v) is 2.55. The number of amides is 1. The molecule has 0 heterocycles. The van der Waals surface area contributed by atoms with E-state index in [0.29, 0.717) is 6.61 Å². The maximum absolute atomic E-state index is 11.7. The minimum atomic E-state index is -0.346. The predicted octanol–water partition coefficient (Wildman–Crippen LogP) is 1.16. The molecule has 0 bridgehead atoms. The van der Waals surface area contributed by atoms with E-state index < -0.39 is 0 Å². The van der Waals surface area contributed by atoms with Crippen LogP contribution < -0.4 is 11.1 Å². The minimum absolute atomic E-state index is 0.0114. The number of alkyl carbamates (subject to hydrolysis) is 1. The van der Waals surface area contributed by atoms with Crippen LogP contribution in [0.3, 0.4) is 0 Å². The second-order valence-corrected chi connectivity index (χ2v) is 4.88. The summed E-state index contributed by atoms with van der Waals surface area (Å²) in [5.74, 6) is 0. The molecule has 1 amide bonds. The average molecular weight is 242 g/mol. The van der Waals surface area contributed by atoms with Crippen LogP contribution in [0.1, 0.15) is 39.0 Å². The van der Waals surface area contributed by atoms with E-state index in [4.69, 9.17) is 15.2 Å². The van der Waals surface area contributed by atoms with E-state index in [0.717, 1.165) is 32.1 Å². The Labute approximate surface area is 102 Å². The molecule has 2 aliphatic carbocycles. The first-order chi connectivity index (χ1) is 8.20. The molecule has 0 aliphatic heterocycles. The van der Waals surface area contributed by atoms with Gasteiger partial charge in [-0.05, 0) is 39.0 Å². The molecule has 5 nitrogen and oxygen atoms in total. The zero-order chi connectivity index (χ0) is 12.3. The van der Waals surface area contributed by atoms with Gasteiger partial charge in [0.2, 0.25) is 0 Å². The molecule has 98 valence electrons. The summed E-state index contributed by atoms with van der Waals surface area (Å²) >= 11 is 0. The molecule has 3 atom stereocenters. The van der Waals surface area contributed by atoms with Crippen LogP contribution in [-0.4, -0.2) is 37.0 Å². The third-order valence-electron chi connectivity index (χ3n) is 3.61. The van der Waals surface area contributed by atoms with E-state index in [1.54, 1.807) is 0 Å². The Morgan fingerprint density at radius 1 is 1.41 bits per heavy atom. The Morgan fingerprint density at radius 3 is 2.71 bits per heavy atom. The van der Waals surface area contributed by atoms with E-state index in [1.165, 1.54) is 0 Å². The van der Waals surface area contributed by atoms with Gasteiger partial charge < -0.3 is 20.5 Å². The van der Waals surface area contributed by atoms with Gasteiger partial charge in [0.1, 0.15) is 6.10 Å². The summed E-state index contributed by atoms with van der Waals surface area (Å²) in [5, 5.41) is 2.82. The molecule has 5 heteroatoms. The highest BCUT2D eigenvalue weighted by molar-refractivity contribution is 5.68. The molecule has 2 aliphatic rings. The summed E-state index contributed by atoms with van der Waals surface area (Å²) in [5.41, 5.74) is 5.85. The molecule has 3 unspecified atom stereocenters. The summed E-state index contributed by atoms with van der Waals surface area (Å²) in [6, 6.07) is -0.105. The van der Waals surface area contributed by atoms with Gasteiger partial charge in [-0.1, -0.05) is 0 Å². The van der Waals surface area contributed by atoms with Crippen LogP contribution >= 0.6 is 0 Å². The topological polar surface area (TPSA) is 73.6 Å². The number of carbonyl (C=O) groups is 1. The van der Waals surface area contributed by atoms with Crippen molar-refractivity contribution in [3.8, 4) is 0 Å². The highest BCUT2D eigenvalue weighted by atomic mass is 16.6. The van der Waals surface area contributed by atoms with E-state index in [-0.39, 0.29) is 30.4 Å². The summed E-state index contributed by atoms with van der Waals surface area (Å²) in [6.45, 7) is 2.59. The maximum Gasteiger partial charge on any atom is 0.407 e. The summed E-state index contributed by atoms with van der Waals surface area (Å²) < 4.78 is 10.8. The van der Waals surface area contributed by atoms with E-state index in [2.05, 4.69) is 5.32 Å². The lowest BCUT2D eigenvalue weighted by molar-refractivity contribution is -0.0332. The quantitative estimate of drug-likeness (QED) is 0.776. The molecule has 17 heavy (non-hydrogen) atoms. The van der Waals surface area contributed by atoms with Crippen molar-refractivity contribution in [2.75, 3.05) is 6.61 Å². The van der Waals surface area contributed by atoms with Gasteiger partial charge in [-0.3, -0.25) is 0 Å². The van der Waals surface area contributed by atoms with Crippen LogP contribution in [0, 0.1) is 0 Å². The first-order valence-electron chi connectivity index (χ1n) is 6.55. The number of nitrogens with one attached hydrogen (secondary N) is 1. The van der Waals surface area contributed by atoms with Crippen molar-refractivity contribution < 1.29 is 14.3 Å². The average Bonchev–Trinajstić information content (AvgIpc) is 2.79. The number of hydrogen-bond donors (Lipinski definition) is 2. The lowest BCUT2D eigenvalue weighted by Gasteiger charge is -2.42. The highest BCUT2D eigenvalue weighted by Crippen LogP contribution is 2.24. The van der Waals surface area contributed by atoms with Crippen molar-refractivity contribution in [2.45, 2.75) is 63.3 Å². The number of ether oxygens (including phenoxy) is 2. The molecular weight excluding hydrogens is 220 g/mol. The molecule has 2 fully saturated rings. The zero-order valence-electron chi connectivity index (χ0n) is 10.4. The van der Waals surface area contributed by atoms with Gasteiger partial charge in [0.15, 0.2) is 0 Å². The van der Waals surface area contributed by atoms with E-state index in [9.17, 15) is 4.79 Å². The third kappa shape index (κ3) is 3.10. The largest absolute Gasteiger partial charge is 0.446 e. The summed E-state index contributed by atoms with van der Waals surface area (Å²) in [6.07, 6.45) is 4.88. The van der Waals surface area contributed by atoms with Gasteiger partial charge in [-0.25, -0.2) is 4.79 Å². The molecule has 0 aromatic rings. The standard InChI is InChI=1S/C12H22N2O3/c1-2-16-10-7-9(13)11(10)14-12(15)17-8-5-3-4-6-8/h8-11H,2-7,13H2,1H3,(H,14,15).